The predicted molar refractivity (Wildman–Crippen MR) is 67.1 cm³/mol. The van der Waals surface area contributed by atoms with Crippen molar-refractivity contribution in [3.63, 3.8) is 0 Å². The minimum Gasteiger partial charge on any atom is -0.166 e. The summed E-state index contributed by atoms with van der Waals surface area (Å²) in [5.41, 5.74) is 0.213. The molecular formula is C13H8ClF3N2. The lowest BCUT2D eigenvalue weighted by atomic mass is 10.2. The normalized spacial score (nSPS) is 12.0. The second-order valence-electron chi connectivity index (χ2n) is 3.72. The summed E-state index contributed by atoms with van der Waals surface area (Å²) in [5, 5.41) is 8.32. The van der Waals surface area contributed by atoms with Crippen molar-refractivity contribution in [2.24, 2.45) is 10.2 Å². The highest BCUT2D eigenvalue weighted by Gasteiger charge is 2.29. The second-order valence-corrected chi connectivity index (χ2v) is 4.16. The lowest BCUT2D eigenvalue weighted by Gasteiger charge is -2.05. The smallest absolute Gasteiger partial charge is 0.166 e. The minimum absolute atomic E-state index is 0.350. The molecule has 0 N–H and O–H groups in total. The zero-order valence-electron chi connectivity index (χ0n) is 9.53. The van der Waals surface area contributed by atoms with Gasteiger partial charge in [0.05, 0.1) is 16.9 Å². The van der Waals surface area contributed by atoms with Crippen LogP contribution in [0.5, 0.6) is 0 Å². The summed E-state index contributed by atoms with van der Waals surface area (Å²) in [6.07, 6.45) is -4.34. The van der Waals surface area contributed by atoms with Gasteiger partial charge in [0.2, 0.25) is 0 Å². The van der Waals surface area contributed by atoms with Crippen molar-refractivity contribution in [1.82, 2.24) is 0 Å². The number of azo groups is 1. The molecule has 2 nitrogen and oxygen atoms in total. The van der Waals surface area contributed by atoms with Crippen molar-refractivity contribution in [2.45, 2.75) is 6.18 Å². The van der Waals surface area contributed by atoms with Gasteiger partial charge in [0.25, 0.3) is 0 Å². The highest BCUT2D eigenvalue weighted by molar-refractivity contribution is 6.30. The summed E-state index contributed by atoms with van der Waals surface area (Å²) < 4.78 is 37.0. The van der Waals surface area contributed by atoms with Crippen LogP contribution in [0.3, 0.4) is 0 Å². The predicted octanol–water partition coefficient (Wildman–Crippen LogP) is 5.77. The third kappa shape index (κ3) is 3.79. The number of benzene rings is 2. The van der Waals surface area contributed by atoms with Gasteiger partial charge in [-0.2, -0.15) is 23.4 Å². The number of hydrogen-bond donors (Lipinski definition) is 0. The number of hydrogen-bond acceptors (Lipinski definition) is 2. The van der Waals surface area contributed by atoms with E-state index in [9.17, 15) is 13.2 Å². The van der Waals surface area contributed by atoms with E-state index in [1.165, 1.54) is 12.1 Å². The molecule has 0 spiro atoms. The van der Waals surface area contributed by atoms with Gasteiger partial charge < -0.3 is 0 Å². The maximum atomic E-state index is 12.3. The quantitative estimate of drug-likeness (QED) is 0.625. The molecule has 2 aromatic carbocycles. The average molecular weight is 285 g/mol. The average Bonchev–Trinajstić information content (AvgIpc) is 2.37. The Kier molecular flexibility index (Phi) is 3.85. The van der Waals surface area contributed by atoms with E-state index in [4.69, 9.17) is 11.6 Å². The Bertz CT molecular complexity index is 574. The fraction of sp³-hybridized carbons (Fsp3) is 0.0769. The summed E-state index contributed by atoms with van der Waals surface area (Å²) in [5.74, 6) is 0. The zero-order chi connectivity index (χ0) is 13.9. The van der Waals surface area contributed by atoms with Crippen LogP contribution >= 0.6 is 11.6 Å². The van der Waals surface area contributed by atoms with E-state index in [1.807, 2.05) is 0 Å². The second kappa shape index (κ2) is 5.40. The molecule has 0 aromatic heterocycles. The highest BCUT2D eigenvalue weighted by atomic mass is 35.5. The molecule has 2 rings (SSSR count). The Hall–Kier alpha value is -1.88. The van der Waals surface area contributed by atoms with Gasteiger partial charge in [-0.05, 0) is 48.5 Å². The van der Waals surface area contributed by atoms with Crippen molar-refractivity contribution >= 4 is 23.0 Å². The van der Waals surface area contributed by atoms with Gasteiger partial charge in [-0.15, -0.1) is 0 Å². The molecule has 0 amide bonds. The maximum Gasteiger partial charge on any atom is 0.416 e. The molecular weight excluding hydrogens is 277 g/mol. The first kappa shape index (κ1) is 13.5. The summed E-state index contributed by atoms with van der Waals surface area (Å²) in [6, 6.07) is 11.1. The Balaban J connectivity index is 2.13. The summed E-state index contributed by atoms with van der Waals surface area (Å²) in [4.78, 5) is 0. The van der Waals surface area contributed by atoms with Crippen molar-refractivity contribution in [2.75, 3.05) is 0 Å². The van der Waals surface area contributed by atoms with E-state index < -0.39 is 11.7 Å². The van der Waals surface area contributed by atoms with E-state index >= 15 is 0 Å². The lowest BCUT2D eigenvalue weighted by molar-refractivity contribution is -0.137. The fourth-order valence-electron chi connectivity index (χ4n) is 1.34. The third-order valence-electron chi connectivity index (χ3n) is 2.30. The van der Waals surface area contributed by atoms with Crippen LogP contribution in [-0.4, -0.2) is 0 Å². The van der Waals surface area contributed by atoms with E-state index in [2.05, 4.69) is 10.2 Å². The van der Waals surface area contributed by atoms with E-state index in [0.29, 0.717) is 16.4 Å². The van der Waals surface area contributed by atoms with Crippen molar-refractivity contribution in [3.8, 4) is 0 Å². The summed E-state index contributed by atoms with van der Waals surface area (Å²) in [6.45, 7) is 0. The topological polar surface area (TPSA) is 24.7 Å². The molecule has 0 bridgehead atoms. The zero-order valence-corrected chi connectivity index (χ0v) is 10.3. The molecule has 0 heterocycles. The van der Waals surface area contributed by atoms with Crippen LogP contribution in [0.25, 0.3) is 0 Å². The van der Waals surface area contributed by atoms with Gasteiger partial charge in [0.1, 0.15) is 0 Å². The molecule has 0 saturated carbocycles. The first-order valence-electron chi connectivity index (χ1n) is 5.30. The number of halogens is 4. The SMILES string of the molecule is FC(F)(F)c1ccc(/N=N/c2ccc(Cl)cc2)cc1. The Morgan fingerprint density at radius 1 is 0.737 bits per heavy atom. The molecule has 0 fully saturated rings. The molecule has 0 aliphatic rings. The molecule has 2 aromatic rings. The van der Waals surface area contributed by atoms with Gasteiger partial charge in [0, 0.05) is 5.02 Å². The van der Waals surface area contributed by atoms with Crippen molar-refractivity contribution in [1.29, 1.82) is 0 Å². The van der Waals surface area contributed by atoms with Gasteiger partial charge in [-0.3, -0.25) is 0 Å². The van der Waals surface area contributed by atoms with Gasteiger partial charge in [0.15, 0.2) is 0 Å². The lowest BCUT2D eigenvalue weighted by Crippen LogP contribution is -2.03. The van der Waals surface area contributed by atoms with Gasteiger partial charge >= 0.3 is 6.18 Å². The van der Waals surface area contributed by atoms with Crippen LogP contribution in [-0.2, 0) is 6.18 Å². The fourth-order valence-corrected chi connectivity index (χ4v) is 1.47. The molecule has 0 aliphatic carbocycles. The molecule has 0 aliphatic heterocycles. The van der Waals surface area contributed by atoms with Crippen LogP contribution in [0.15, 0.2) is 58.8 Å². The monoisotopic (exact) mass is 284 g/mol. The highest BCUT2D eigenvalue weighted by Crippen LogP contribution is 2.30. The van der Waals surface area contributed by atoms with Gasteiger partial charge in [-0.25, -0.2) is 0 Å². The first-order chi connectivity index (χ1) is 8.95. The van der Waals surface area contributed by atoms with Gasteiger partial charge in [-0.1, -0.05) is 11.6 Å². The van der Waals surface area contributed by atoms with Crippen LogP contribution in [0.2, 0.25) is 5.02 Å². The third-order valence-corrected chi connectivity index (χ3v) is 2.55. The minimum atomic E-state index is -4.34. The van der Waals surface area contributed by atoms with E-state index in [-0.39, 0.29) is 0 Å². The van der Waals surface area contributed by atoms with Crippen molar-refractivity contribution < 1.29 is 13.2 Å². The molecule has 0 saturated heterocycles. The van der Waals surface area contributed by atoms with Crippen molar-refractivity contribution in [3.05, 3.63) is 59.1 Å². The number of alkyl halides is 3. The molecule has 0 unspecified atom stereocenters. The van der Waals surface area contributed by atoms with Crippen LogP contribution in [0, 0.1) is 0 Å². The van der Waals surface area contributed by atoms with Crippen LogP contribution < -0.4 is 0 Å². The maximum absolute atomic E-state index is 12.3. The molecule has 19 heavy (non-hydrogen) atoms. The first-order valence-corrected chi connectivity index (χ1v) is 5.67. The Labute approximate surface area is 112 Å². The molecule has 98 valence electrons. The largest absolute Gasteiger partial charge is 0.416 e. The number of nitrogens with zero attached hydrogens (tertiary/aromatic N) is 2. The Morgan fingerprint density at radius 3 is 1.58 bits per heavy atom. The Morgan fingerprint density at radius 2 is 1.16 bits per heavy atom. The van der Waals surface area contributed by atoms with Crippen LogP contribution in [0.4, 0.5) is 24.5 Å². The standard InChI is InChI=1S/C13H8ClF3N2/c14-10-3-7-12(8-4-10)19-18-11-5-1-9(2-6-11)13(15,16)17/h1-8H/b19-18+. The summed E-state index contributed by atoms with van der Waals surface area (Å²) >= 11 is 5.71. The van der Waals surface area contributed by atoms with E-state index in [1.54, 1.807) is 24.3 Å². The van der Waals surface area contributed by atoms with E-state index in [0.717, 1.165) is 12.1 Å². The molecule has 6 heteroatoms. The molecule has 0 atom stereocenters. The molecule has 0 radical (unpaired) electrons. The van der Waals surface area contributed by atoms with Crippen LogP contribution in [0.1, 0.15) is 5.56 Å². The number of rotatable bonds is 2. The summed E-state index contributed by atoms with van der Waals surface area (Å²) in [7, 11) is 0.